The summed E-state index contributed by atoms with van der Waals surface area (Å²) in [5.41, 5.74) is 0.534. The van der Waals surface area contributed by atoms with Gasteiger partial charge in [0.25, 0.3) is 5.91 Å². The van der Waals surface area contributed by atoms with Crippen molar-refractivity contribution in [2.24, 2.45) is 0 Å². The minimum absolute atomic E-state index is 0.197. The maximum atomic E-state index is 11.7. The van der Waals surface area contributed by atoms with Gasteiger partial charge in [0.15, 0.2) is 0 Å². The minimum atomic E-state index is -1.17. The molecule has 0 fully saturated rings. The summed E-state index contributed by atoms with van der Waals surface area (Å²) < 4.78 is 0. The van der Waals surface area contributed by atoms with Crippen LogP contribution in [0.2, 0.25) is 0 Å². The van der Waals surface area contributed by atoms with Crippen LogP contribution in [0.25, 0.3) is 0 Å². The molecule has 1 aromatic rings. The zero-order valence-corrected chi connectivity index (χ0v) is 12.4. The molecule has 110 valence electrons. The number of anilines is 1. The summed E-state index contributed by atoms with van der Waals surface area (Å²) in [6.45, 7) is 1.32. The first-order valence-corrected chi connectivity index (χ1v) is 7.25. The van der Waals surface area contributed by atoms with Crippen LogP contribution in [0.15, 0.2) is 40.9 Å². The number of aliphatic carboxylic acids is 1. The number of carboxylic acid groups (broad SMARTS) is 1. The highest BCUT2D eigenvalue weighted by molar-refractivity contribution is 7.98. The molecule has 21 heavy (non-hydrogen) atoms. The van der Waals surface area contributed by atoms with Crippen molar-refractivity contribution in [3.05, 3.63) is 36.0 Å². The Bertz CT molecular complexity index is 608. The van der Waals surface area contributed by atoms with E-state index in [0.29, 0.717) is 0 Å². The summed E-state index contributed by atoms with van der Waals surface area (Å²) in [6.07, 6.45) is 3.19. The SMILES string of the molecule is CSc1cccc(N/C=C(/C#N)C(=O)NC(C)C(=O)O)c1. The molecule has 1 amide bonds. The van der Waals surface area contributed by atoms with Crippen molar-refractivity contribution in [1.29, 1.82) is 5.26 Å². The van der Waals surface area contributed by atoms with Crippen LogP contribution in [-0.4, -0.2) is 29.3 Å². The van der Waals surface area contributed by atoms with Crippen LogP contribution in [0.1, 0.15) is 6.92 Å². The van der Waals surface area contributed by atoms with Crippen molar-refractivity contribution in [2.45, 2.75) is 17.9 Å². The number of carbonyl (C=O) groups is 2. The number of nitriles is 1. The highest BCUT2D eigenvalue weighted by Crippen LogP contribution is 2.19. The third-order valence-electron chi connectivity index (χ3n) is 2.54. The van der Waals surface area contributed by atoms with Crippen LogP contribution >= 0.6 is 11.8 Å². The number of carboxylic acids is 1. The van der Waals surface area contributed by atoms with Gasteiger partial charge in [-0.25, -0.2) is 0 Å². The number of hydrogen-bond donors (Lipinski definition) is 3. The van der Waals surface area contributed by atoms with Gasteiger partial charge in [0.1, 0.15) is 17.7 Å². The van der Waals surface area contributed by atoms with E-state index in [0.717, 1.165) is 10.6 Å². The van der Waals surface area contributed by atoms with Gasteiger partial charge in [-0.1, -0.05) is 6.07 Å². The molecular formula is C14H15N3O3S. The summed E-state index contributed by atoms with van der Waals surface area (Å²) in [6, 6.07) is 8.12. The lowest BCUT2D eigenvalue weighted by atomic mass is 10.2. The number of rotatable bonds is 6. The number of carbonyl (C=O) groups excluding carboxylic acids is 1. The Kier molecular flexibility index (Phi) is 6.30. The summed E-state index contributed by atoms with van der Waals surface area (Å²) in [5.74, 6) is -1.90. The Morgan fingerprint density at radius 1 is 1.48 bits per heavy atom. The second-order valence-electron chi connectivity index (χ2n) is 4.08. The molecule has 0 spiro atoms. The number of hydrogen-bond acceptors (Lipinski definition) is 5. The van der Waals surface area contributed by atoms with Gasteiger partial charge in [0.2, 0.25) is 0 Å². The van der Waals surface area contributed by atoms with Crippen molar-refractivity contribution in [3.63, 3.8) is 0 Å². The maximum Gasteiger partial charge on any atom is 0.325 e. The Hall–Kier alpha value is -2.46. The number of thioether (sulfide) groups is 1. The Morgan fingerprint density at radius 2 is 2.19 bits per heavy atom. The predicted molar refractivity (Wildman–Crippen MR) is 80.8 cm³/mol. The largest absolute Gasteiger partial charge is 0.480 e. The normalized spacial score (nSPS) is 12.1. The molecule has 0 aliphatic heterocycles. The molecule has 1 aromatic carbocycles. The van der Waals surface area contributed by atoms with Crippen molar-refractivity contribution in [3.8, 4) is 6.07 Å². The molecule has 0 radical (unpaired) electrons. The van der Waals surface area contributed by atoms with E-state index in [9.17, 15) is 9.59 Å². The first-order chi connectivity index (χ1) is 9.97. The Morgan fingerprint density at radius 3 is 2.76 bits per heavy atom. The van der Waals surface area contributed by atoms with Crippen molar-refractivity contribution in [2.75, 3.05) is 11.6 Å². The zero-order valence-electron chi connectivity index (χ0n) is 11.6. The molecule has 1 unspecified atom stereocenters. The quantitative estimate of drug-likeness (QED) is 0.421. The summed E-state index contributed by atoms with van der Waals surface area (Å²) in [4.78, 5) is 23.4. The van der Waals surface area contributed by atoms with Gasteiger partial charge in [0, 0.05) is 16.8 Å². The Labute approximate surface area is 126 Å². The molecular weight excluding hydrogens is 290 g/mol. The van der Waals surface area contributed by atoms with Crippen LogP contribution in [0.4, 0.5) is 5.69 Å². The molecule has 0 aromatic heterocycles. The monoisotopic (exact) mass is 305 g/mol. The molecule has 0 saturated heterocycles. The van der Waals surface area contributed by atoms with E-state index in [1.165, 1.54) is 13.1 Å². The van der Waals surface area contributed by atoms with E-state index >= 15 is 0 Å². The lowest BCUT2D eigenvalue weighted by molar-refractivity contribution is -0.140. The second kappa shape index (κ2) is 7.97. The average Bonchev–Trinajstić information content (AvgIpc) is 2.47. The maximum absolute atomic E-state index is 11.7. The summed E-state index contributed by atoms with van der Waals surface area (Å²) in [7, 11) is 0. The van der Waals surface area contributed by atoms with E-state index in [1.54, 1.807) is 23.9 Å². The van der Waals surface area contributed by atoms with Gasteiger partial charge in [-0.3, -0.25) is 9.59 Å². The van der Waals surface area contributed by atoms with E-state index in [4.69, 9.17) is 10.4 Å². The third kappa shape index (κ3) is 5.20. The van der Waals surface area contributed by atoms with E-state index in [-0.39, 0.29) is 5.57 Å². The zero-order chi connectivity index (χ0) is 15.8. The molecule has 3 N–H and O–H groups in total. The van der Waals surface area contributed by atoms with Gasteiger partial charge in [-0.2, -0.15) is 5.26 Å². The Balaban J connectivity index is 2.77. The number of nitrogens with one attached hydrogen (secondary N) is 2. The van der Waals surface area contributed by atoms with Gasteiger partial charge >= 0.3 is 5.97 Å². The lowest BCUT2D eigenvalue weighted by Gasteiger charge is -2.08. The van der Waals surface area contributed by atoms with Crippen LogP contribution < -0.4 is 10.6 Å². The number of nitrogens with zero attached hydrogens (tertiary/aromatic N) is 1. The summed E-state index contributed by atoms with van der Waals surface area (Å²) in [5, 5.41) is 22.7. The van der Waals surface area contributed by atoms with Gasteiger partial charge < -0.3 is 15.7 Å². The first-order valence-electron chi connectivity index (χ1n) is 6.02. The van der Waals surface area contributed by atoms with E-state index in [2.05, 4.69) is 10.6 Å². The number of benzene rings is 1. The molecule has 0 bridgehead atoms. The highest BCUT2D eigenvalue weighted by Gasteiger charge is 2.16. The fourth-order valence-corrected chi connectivity index (χ4v) is 1.81. The van der Waals surface area contributed by atoms with Crippen LogP contribution in [0.5, 0.6) is 0 Å². The highest BCUT2D eigenvalue weighted by atomic mass is 32.2. The van der Waals surface area contributed by atoms with Crippen LogP contribution in [0, 0.1) is 11.3 Å². The molecule has 7 heteroatoms. The minimum Gasteiger partial charge on any atom is -0.480 e. The van der Waals surface area contributed by atoms with Gasteiger partial charge in [0.05, 0.1) is 0 Å². The molecule has 1 rings (SSSR count). The fraction of sp³-hybridized carbons (Fsp3) is 0.214. The van der Waals surface area contributed by atoms with E-state index in [1.807, 2.05) is 24.5 Å². The lowest BCUT2D eigenvalue weighted by Crippen LogP contribution is -2.39. The van der Waals surface area contributed by atoms with Crippen LogP contribution in [-0.2, 0) is 9.59 Å². The topological polar surface area (TPSA) is 102 Å². The smallest absolute Gasteiger partial charge is 0.325 e. The first kappa shape index (κ1) is 16.6. The molecule has 0 aliphatic rings. The van der Waals surface area contributed by atoms with Gasteiger partial charge in [-0.15, -0.1) is 11.8 Å². The van der Waals surface area contributed by atoms with Gasteiger partial charge in [-0.05, 0) is 31.4 Å². The van der Waals surface area contributed by atoms with Crippen molar-refractivity contribution >= 4 is 29.3 Å². The van der Waals surface area contributed by atoms with Crippen LogP contribution in [0.3, 0.4) is 0 Å². The molecule has 1 atom stereocenters. The number of amides is 1. The predicted octanol–water partition coefficient (Wildman–Crippen LogP) is 1.82. The molecule has 0 saturated carbocycles. The average molecular weight is 305 g/mol. The third-order valence-corrected chi connectivity index (χ3v) is 3.26. The van der Waals surface area contributed by atoms with Crippen molar-refractivity contribution in [1.82, 2.24) is 5.32 Å². The molecule has 6 nitrogen and oxygen atoms in total. The van der Waals surface area contributed by atoms with Crippen molar-refractivity contribution < 1.29 is 14.7 Å². The second-order valence-corrected chi connectivity index (χ2v) is 4.96. The molecule has 0 heterocycles. The fourth-order valence-electron chi connectivity index (χ4n) is 1.35. The summed E-state index contributed by atoms with van der Waals surface area (Å²) >= 11 is 1.57. The standard InChI is InChI=1S/C14H15N3O3S/c1-9(14(19)20)17-13(18)10(7-15)8-16-11-4-3-5-12(6-11)21-2/h3-6,8-9,16H,1-2H3,(H,17,18)(H,19,20)/b10-8-. The van der Waals surface area contributed by atoms with E-state index < -0.39 is 17.9 Å². The molecule has 0 aliphatic carbocycles.